The molecular weight excluding hydrogens is 478 g/mol. The van der Waals surface area contributed by atoms with Crippen LogP contribution in [0.5, 0.6) is 0 Å². The summed E-state index contributed by atoms with van der Waals surface area (Å²) in [6, 6.07) is 14.8. The molecule has 3 amide bonds. The molecule has 38 heavy (non-hydrogen) atoms. The largest absolute Gasteiger partial charge is 0.359 e. The van der Waals surface area contributed by atoms with E-state index < -0.39 is 29.6 Å². The molecule has 2 saturated heterocycles. The molecule has 3 fully saturated rings. The Bertz CT molecular complexity index is 1270. The van der Waals surface area contributed by atoms with E-state index in [4.69, 9.17) is 4.74 Å². The summed E-state index contributed by atoms with van der Waals surface area (Å²) in [5.74, 6) is -2.11. The highest BCUT2D eigenvalue weighted by Crippen LogP contribution is 2.55. The van der Waals surface area contributed by atoms with E-state index in [1.54, 1.807) is 4.90 Å². The van der Waals surface area contributed by atoms with E-state index in [1.165, 1.54) is 6.42 Å². The number of fused-ring (bicyclic) bond motifs is 1. The zero-order valence-corrected chi connectivity index (χ0v) is 22.0. The average molecular weight is 514 g/mol. The predicted octanol–water partition coefficient (Wildman–Crippen LogP) is 4.04. The maximum absolute atomic E-state index is 14.1. The van der Waals surface area contributed by atoms with Crippen molar-refractivity contribution in [3.05, 3.63) is 77.4 Å². The molecule has 2 N–H and O–H groups in total. The summed E-state index contributed by atoms with van der Waals surface area (Å²) in [7, 11) is 0. The monoisotopic (exact) mass is 513 g/mol. The number of nitrogens with one attached hydrogen (secondary N) is 2. The van der Waals surface area contributed by atoms with Gasteiger partial charge in [0, 0.05) is 18.3 Å². The third-order valence-corrected chi connectivity index (χ3v) is 8.67. The van der Waals surface area contributed by atoms with Crippen LogP contribution >= 0.6 is 0 Å². The van der Waals surface area contributed by atoms with E-state index in [2.05, 4.69) is 10.6 Å². The Morgan fingerprint density at radius 2 is 1.61 bits per heavy atom. The molecule has 0 radical (unpaired) electrons. The molecule has 4 aliphatic rings. The summed E-state index contributed by atoms with van der Waals surface area (Å²) in [6.45, 7) is 4.29. The number of likely N-dealkylation sites (tertiary alicyclic amines) is 1. The van der Waals surface area contributed by atoms with Crippen molar-refractivity contribution in [1.29, 1.82) is 0 Å². The van der Waals surface area contributed by atoms with Gasteiger partial charge in [-0.2, -0.15) is 0 Å². The molecule has 2 aromatic rings. The van der Waals surface area contributed by atoms with Crippen molar-refractivity contribution in [2.75, 3.05) is 5.32 Å². The fourth-order valence-electron chi connectivity index (χ4n) is 6.72. The second-order valence-electron chi connectivity index (χ2n) is 11.4. The SMILES string of the molecule is Cc1ccc(CN2C(=O)[C@H]3[C@H](C(=O)Nc4ccc(C)cc4)[C@H]4C=C[C@@]3(O4)[C@@H]2C(=O)NC2CCCCC2)cc1. The molecular formula is C31H35N3O4. The van der Waals surface area contributed by atoms with Gasteiger partial charge in [0.1, 0.15) is 11.6 Å². The van der Waals surface area contributed by atoms with Gasteiger partial charge in [-0.1, -0.05) is 78.9 Å². The van der Waals surface area contributed by atoms with Crippen molar-refractivity contribution in [2.45, 2.75) is 76.3 Å². The molecule has 1 saturated carbocycles. The zero-order valence-electron chi connectivity index (χ0n) is 22.0. The van der Waals surface area contributed by atoms with Crippen LogP contribution in [-0.2, 0) is 25.7 Å². The lowest BCUT2D eigenvalue weighted by atomic mass is 9.74. The number of carbonyl (C=O) groups excluding carboxylic acids is 3. The van der Waals surface area contributed by atoms with Gasteiger partial charge in [-0.3, -0.25) is 14.4 Å². The summed E-state index contributed by atoms with van der Waals surface area (Å²) in [4.78, 5) is 43.3. The van der Waals surface area contributed by atoms with Crippen LogP contribution in [0.15, 0.2) is 60.7 Å². The molecule has 3 heterocycles. The first-order valence-corrected chi connectivity index (χ1v) is 13.8. The minimum Gasteiger partial charge on any atom is -0.359 e. The van der Waals surface area contributed by atoms with E-state index >= 15 is 0 Å². The summed E-state index contributed by atoms with van der Waals surface area (Å²) in [5.41, 5.74) is 2.68. The molecule has 7 nitrogen and oxygen atoms in total. The molecule has 2 bridgehead atoms. The number of anilines is 1. The molecule has 1 spiro atoms. The van der Waals surface area contributed by atoms with Crippen LogP contribution in [0.3, 0.4) is 0 Å². The summed E-state index contributed by atoms with van der Waals surface area (Å²) in [5, 5.41) is 6.22. The molecule has 198 valence electrons. The van der Waals surface area contributed by atoms with Gasteiger partial charge >= 0.3 is 0 Å². The van der Waals surface area contributed by atoms with Crippen molar-refractivity contribution < 1.29 is 19.1 Å². The van der Waals surface area contributed by atoms with E-state index in [1.807, 2.05) is 74.5 Å². The van der Waals surface area contributed by atoms with Gasteiger partial charge in [-0.25, -0.2) is 0 Å². The number of hydrogen-bond acceptors (Lipinski definition) is 4. The van der Waals surface area contributed by atoms with Gasteiger partial charge < -0.3 is 20.3 Å². The number of ether oxygens (including phenoxy) is 1. The normalized spacial score (nSPS) is 29.9. The Labute approximate surface area is 223 Å². The number of aryl methyl sites for hydroxylation is 2. The summed E-state index contributed by atoms with van der Waals surface area (Å²) < 4.78 is 6.46. The first kappa shape index (κ1) is 24.9. The Morgan fingerprint density at radius 3 is 2.29 bits per heavy atom. The Morgan fingerprint density at radius 1 is 0.947 bits per heavy atom. The van der Waals surface area contributed by atoms with Crippen LogP contribution in [0.2, 0.25) is 0 Å². The summed E-state index contributed by atoms with van der Waals surface area (Å²) in [6.07, 6.45) is 8.45. The number of rotatable bonds is 6. The molecule has 2 aromatic carbocycles. The first-order chi connectivity index (χ1) is 18.4. The minimum atomic E-state index is -1.15. The molecule has 3 aliphatic heterocycles. The molecule has 6 rings (SSSR count). The Hall–Kier alpha value is -3.45. The molecule has 7 heteroatoms. The lowest BCUT2D eigenvalue weighted by molar-refractivity contribution is -0.142. The van der Waals surface area contributed by atoms with Gasteiger partial charge in [-0.15, -0.1) is 0 Å². The molecule has 1 aliphatic carbocycles. The fraction of sp³-hybridized carbons (Fsp3) is 0.452. The third kappa shape index (κ3) is 4.23. The van der Waals surface area contributed by atoms with Gasteiger partial charge in [0.25, 0.3) is 0 Å². The van der Waals surface area contributed by atoms with Crippen molar-refractivity contribution >= 4 is 23.4 Å². The lowest BCUT2D eigenvalue weighted by Crippen LogP contribution is -2.56. The highest BCUT2D eigenvalue weighted by atomic mass is 16.5. The first-order valence-electron chi connectivity index (χ1n) is 13.8. The number of amides is 3. The Balaban J connectivity index is 1.32. The van der Waals surface area contributed by atoms with Crippen LogP contribution < -0.4 is 10.6 Å². The number of nitrogens with zero attached hydrogens (tertiary/aromatic N) is 1. The number of carbonyl (C=O) groups is 3. The van der Waals surface area contributed by atoms with Gasteiger partial charge in [0.2, 0.25) is 17.7 Å². The smallest absolute Gasteiger partial charge is 0.246 e. The van der Waals surface area contributed by atoms with Crippen molar-refractivity contribution in [1.82, 2.24) is 10.2 Å². The van der Waals surface area contributed by atoms with Crippen LogP contribution in [0.1, 0.15) is 48.8 Å². The van der Waals surface area contributed by atoms with E-state index in [-0.39, 0.29) is 30.3 Å². The number of hydrogen-bond donors (Lipinski definition) is 2. The zero-order chi connectivity index (χ0) is 26.4. The van der Waals surface area contributed by atoms with Crippen LogP contribution in [-0.4, -0.2) is 46.4 Å². The second-order valence-corrected chi connectivity index (χ2v) is 11.4. The van der Waals surface area contributed by atoms with Gasteiger partial charge in [0.05, 0.1) is 17.9 Å². The van der Waals surface area contributed by atoms with E-state index in [9.17, 15) is 14.4 Å². The van der Waals surface area contributed by atoms with Gasteiger partial charge in [0.15, 0.2) is 0 Å². The third-order valence-electron chi connectivity index (χ3n) is 8.67. The molecule has 0 aromatic heterocycles. The topological polar surface area (TPSA) is 87.7 Å². The quantitative estimate of drug-likeness (QED) is 0.571. The van der Waals surface area contributed by atoms with E-state index in [0.29, 0.717) is 5.69 Å². The van der Waals surface area contributed by atoms with E-state index in [0.717, 1.165) is 42.4 Å². The van der Waals surface area contributed by atoms with Crippen LogP contribution in [0.4, 0.5) is 5.69 Å². The highest BCUT2D eigenvalue weighted by molar-refractivity contribution is 6.02. The maximum atomic E-state index is 14.1. The summed E-state index contributed by atoms with van der Waals surface area (Å²) >= 11 is 0. The van der Waals surface area contributed by atoms with Crippen molar-refractivity contribution in [2.24, 2.45) is 11.8 Å². The minimum absolute atomic E-state index is 0.103. The molecule has 5 atom stereocenters. The Kier molecular flexibility index (Phi) is 6.34. The second kappa shape index (κ2) is 9.70. The number of benzene rings is 2. The van der Waals surface area contributed by atoms with Crippen molar-refractivity contribution in [3.8, 4) is 0 Å². The lowest BCUT2D eigenvalue weighted by Gasteiger charge is -2.34. The van der Waals surface area contributed by atoms with Gasteiger partial charge in [-0.05, 0) is 44.4 Å². The fourth-order valence-corrected chi connectivity index (χ4v) is 6.72. The van der Waals surface area contributed by atoms with Crippen LogP contribution in [0.25, 0.3) is 0 Å². The van der Waals surface area contributed by atoms with Crippen molar-refractivity contribution in [3.63, 3.8) is 0 Å². The highest BCUT2D eigenvalue weighted by Gasteiger charge is 2.72. The maximum Gasteiger partial charge on any atom is 0.246 e. The molecule has 0 unspecified atom stereocenters. The standard InChI is InChI=1S/C31H35N3O4/c1-19-8-12-21(13-9-19)18-34-27(29(36)33-22-6-4-3-5-7-22)31-17-16-24(38-31)25(26(31)30(34)37)28(35)32-23-14-10-20(2)11-15-23/h8-17,22,24-27H,3-7,18H2,1-2H3,(H,32,35)(H,33,36)/t24-,25-,26-,27+,31+/m1/s1. The van der Waals surface area contributed by atoms with Crippen LogP contribution in [0, 0.1) is 25.7 Å². The average Bonchev–Trinajstić information content (AvgIpc) is 3.55. The predicted molar refractivity (Wildman–Crippen MR) is 144 cm³/mol.